The van der Waals surface area contributed by atoms with Crippen LogP contribution in [0, 0.1) is 10.1 Å². The van der Waals surface area contributed by atoms with E-state index in [0.29, 0.717) is 5.69 Å². The molecule has 0 saturated carbocycles. The van der Waals surface area contributed by atoms with Gasteiger partial charge in [-0.15, -0.1) is 11.3 Å². The zero-order valence-corrected chi connectivity index (χ0v) is 21.6. The molecule has 3 aromatic carbocycles. The molecule has 214 valence electrons. The lowest BCUT2D eigenvalue weighted by Gasteiger charge is -2.15. The van der Waals surface area contributed by atoms with Crippen LogP contribution >= 0.6 is 11.3 Å². The summed E-state index contributed by atoms with van der Waals surface area (Å²) in [4.78, 5) is 13.3. The number of alkyl halides is 6. The van der Waals surface area contributed by atoms with E-state index < -0.39 is 54.9 Å². The Morgan fingerprint density at radius 3 is 2.17 bits per heavy atom. The molecule has 0 aliphatic rings. The Balaban J connectivity index is 1.66. The molecule has 9 nitrogen and oxygen atoms in total. The smallest absolute Gasteiger partial charge is 0.378 e. The normalized spacial score (nSPS) is 12.4. The third-order valence-corrected chi connectivity index (χ3v) is 7.15. The first-order chi connectivity index (χ1) is 19.1. The molecule has 0 aliphatic heterocycles. The van der Waals surface area contributed by atoms with Gasteiger partial charge in [0.25, 0.3) is 5.69 Å². The molecule has 17 heteroatoms. The molecule has 4 rings (SSSR count). The number of hydrogen-bond acceptors (Lipinski definition) is 9. The molecule has 0 fully saturated rings. The number of nitro benzene ring substituents is 1. The molecule has 0 unspecified atom stereocenters. The minimum absolute atomic E-state index is 0.0158. The lowest BCUT2D eigenvalue weighted by atomic mass is 10.1. The van der Waals surface area contributed by atoms with E-state index >= 15 is 0 Å². The van der Waals surface area contributed by atoms with Crippen molar-refractivity contribution in [3.63, 3.8) is 0 Å². The van der Waals surface area contributed by atoms with Crippen LogP contribution in [0.4, 0.5) is 37.2 Å². The van der Waals surface area contributed by atoms with Crippen LogP contribution in [0.25, 0.3) is 11.3 Å². The van der Waals surface area contributed by atoms with Crippen molar-refractivity contribution in [1.82, 2.24) is 4.98 Å². The lowest BCUT2D eigenvalue weighted by Crippen LogP contribution is -2.16. The molecule has 1 aromatic heterocycles. The first-order valence-electron chi connectivity index (χ1n) is 11.0. The standard InChI is InChI=1S/C24H14F6N4O5S2/c25-23(26,27)16-9-17(24(28,29)30)11-19(10-16)41(37,38)39-21-7-6-18(34(35)36)8-15(21)12-31-33-22-32-20(13-40-22)14-4-2-1-3-5-14/h1-13H,(H,32,33). The largest absolute Gasteiger partial charge is 0.416 e. The second-order valence-electron chi connectivity index (χ2n) is 8.03. The van der Waals surface area contributed by atoms with E-state index in [1.54, 1.807) is 17.5 Å². The SMILES string of the molecule is O=[N+]([O-])c1ccc(OS(=O)(=O)c2cc(C(F)(F)F)cc(C(F)(F)F)c2)c(C=NNc2nc(-c3ccccc3)cs2)c1. The van der Waals surface area contributed by atoms with Gasteiger partial charge in [-0.1, -0.05) is 30.3 Å². The van der Waals surface area contributed by atoms with Crippen LogP contribution in [0.1, 0.15) is 16.7 Å². The molecule has 0 atom stereocenters. The van der Waals surface area contributed by atoms with Crippen LogP contribution in [0.15, 0.2) is 82.1 Å². The Morgan fingerprint density at radius 1 is 0.951 bits per heavy atom. The van der Waals surface area contributed by atoms with E-state index in [2.05, 4.69) is 15.5 Å². The number of thiazole rings is 1. The molecule has 0 saturated heterocycles. The number of halogens is 6. The van der Waals surface area contributed by atoms with Crippen LogP contribution < -0.4 is 9.61 Å². The Morgan fingerprint density at radius 2 is 1.59 bits per heavy atom. The average Bonchev–Trinajstić information content (AvgIpc) is 3.37. The minimum Gasteiger partial charge on any atom is -0.378 e. The summed E-state index contributed by atoms with van der Waals surface area (Å²) in [5.74, 6) is -0.656. The third kappa shape index (κ3) is 7.17. The maximum atomic E-state index is 13.2. The van der Waals surface area contributed by atoms with Crippen molar-refractivity contribution in [3.8, 4) is 17.0 Å². The molecule has 41 heavy (non-hydrogen) atoms. The molecule has 0 spiro atoms. The van der Waals surface area contributed by atoms with E-state index in [4.69, 9.17) is 4.18 Å². The molecule has 1 heterocycles. The first kappa shape index (κ1) is 29.5. The van der Waals surface area contributed by atoms with E-state index in [1.807, 2.05) is 18.2 Å². The molecule has 1 N–H and O–H groups in total. The molecule has 0 amide bonds. The zero-order valence-electron chi connectivity index (χ0n) is 20.0. The number of benzene rings is 3. The van der Waals surface area contributed by atoms with Crippen molar-refractivity contribution in [2.45, 2.75) is 17.2 Å². The number of nitrogens with zero attached hydrogens (tertiary/aromatic N) is 3. The van der Waals surface area contributed by atoms with E-state index in [1.165, 1.54) is 0 Å². The summed E-state index contributed by atoms with van der Waals surface area (Å²) in [6.07, 6.45) is -9.70. The van der Waals surface area contributed by atoms with Gasteiger partial charge in [0.05, 0.1) is 28.0 Å². The number of hydrazone groups is 1. The molecule has 0 bridgehead atoms. The van der Waals surface area contributed by atoms with Gasteiger partial charge in [-0.3, -0.25) is 15.5 Å². The quantitative estimate of drug-likeness (QED) is 0.0746. The topological polar surface area (TPSA) is 124 Å². The van der Waals surface area contributed by atoms with E-state index in [9.17, 15) is 44.9 Å². The highest BCUT2D eigenvalue weighted by Crippen LogP contribution is 2.38. The summed E-state index contributed by atoms with van der Waals surface area (Å²) in [6.45, 7) is 0. The number of rotatable bonds is 8. The first-order valence-corrected chi connectivity index (χ1v) is 13.2. The fraction of sp³-hybridized carbons (Fsp3) is 0.0833. The highest BCUT2D eigenvalue weighted by atomic mass is 32.2. The number of anilines is 1. The maximum absolute atomic E-state index is 13.2. The van der Waals surface area contributed by atoms with Crippen molar-refractivity contribution < 1.29 is 43.9 Å². The average molecular weight is 617 g/mol. The number of aromatic nitrogens is 1. The van der Waals surface area contributed by atoms with Crippen LogP contribution in [0.2, 0.25) is 0 Å². The summed E-state index contributed by atoms with van der Waals surface area (Å²) in [6, 6.07) is 11.3. The van der Waals surface area contributed by atoms with Gasteiger partial charge in [0.1, 0.15) is 4.90 Å². The van der Waals surface area contributed by atoms with Gasteiger partial charge in [0.2, 0.25) is 5.13 Å². The second kappa shape index (κ2) is 11.2. The molecular weight excluding hydrogens is 602 g/mol. The fourth-order valence-electron chi connectivity index (χ4n) is 3.29. The second-order valence-corrected chi connectivity index (χ2v) is 10.4. The monoisotopic (exact) mass is 616 g/mol. The summed E-state index contributed by atoms with van der Waals surface area (Å²) < 4.78 is 110. The maximum Gasteiger partial charge on any atom is 0.416 e. The number of nitro groups is 1. The minimum atomic E-state index is -5.31. The summed E-state index contributed by atoms with van der Waals surface area (Å²) >= 11 is 1.15. The van der Waals surface area contributed by atoms with E-state index in [-0.39, 0.29) is 28.9 Å². The van der Waals surface area contributed by atoms with Gasteiger partial charge in [-0.25, -0.2) is 4.98 Å². The van der Waals surface area contributed by atoms with Crippen LogP contribution in [0.3, 0.4) is 0 Å². The highest BCUT2D eigenvalue weighted by molar-refractivity contribution is 7.87. The van der Waals surface area contributed by atoms with Gasteiger partial charge in [-0.05, 0) is 24.3 Å². The van der Waals surface area contributed by atoms with Gasteiger partial charge in [0, 0.05) is 28.6 Å². The van der Waals surface area contributed by atoms with E-state index in [0.717, 1.165) is 41.3 Å². The predicted octanol–water partition coefficient (Wildman–Crippen LogP) is 6.97. The molecule has 4 aromatic rings. The van der Waals surface area contributed by atoms with Crippen molar-refractivity contribution in [2.75, 3.05) is 5.43 Å². The van der Waals surface area contributed by atoms with Crippen LogP contribution in [-0.4, -0.2) is 24.5 Å². The Hall–Kier alpha value is -4.51. The number of non-ortho nitro benzene ring substituents is 1. The zero-order chi connectivity index (χ0) is 30.0. The van der Waals surface area contributed by atoms with Crippen LogP contribution in [0.5, 0.6) is 5.75 Å². The third-order valence-electron chi connectivity index (χ3n) is 5.19. The summed E-state index contributed by atoms with van der Waals surface area (Å²) in [5.41, 5.74) is -0.640. The van der Waals surface area contributed by atoms with Crippen molar-refractivity contribution in [1.29, 1.82) is 0 Å². The molecule has 0 aliphatic carbocycles. The van der Waals surface area contributed by atoms with Crippen LogP contribution in [-0.2, 0) is 22.5 Å². The van der Waals surface area contributed by atoms with Crippen molar-refractivity contribution in [3.05, 3.63) is 98.9 Å². The summed E-state index contributed by atoms with van der Waals surface area (Å²) in [7, 11) is -5.30. The molecular formula is C24H14F6N4O5S2. The van der Waals surface area contributed by atoms with Crippen molar-refractivity contribution >= 4 is 38.5 Å². The number of hydrogen-bond donors (Lipinski definition) is 1. The Labute approximate surface area is 231 Å². The summed E-state index contributed by atoms with van der Waals surface area (Å²) in [5, 5.41) is 17.1. The predicted molar refractivity (Wildman–Crippen MR) is 136 cm³/mol. The Bertz CT molecular complexity index is 1690. The van der Waals surface area contributed by atoms with Gasteiger partial charge in [0.15, 0.2) is 5.75 Å². The van der Waals surface area contributed by atoms with Crippen molar-refractivity contribution in [2.24, 2.45) is 5.10 Å². The van der Waals surface area contributed by atoms with Gasteiger partial charge in [-0.2, -0.15) is 39.9 Å². The molecule has 0 radical (unpaired) electrons. The fourth-order valence-corrected chi connectivity index (χ4v) is 4.98. The number of nitrogens with one attached hydrogen (secondary N) is 1. The lowest BCUT2D eigenvalue weighted by molar-refractivity contribution is -0.384. The Kier molecular flexibility index (Phi) is 8.03. The van der Waals surface area contributed by atoms with Gasteiger partial charge >= 0.3 is 22.5 Å². The highest BCUT2D eigenvalue weighted by Gasteiger charge is 2.38. The van der Waals surface area contributed by atoms with Gasteiger partial charge < -0.3 is 4.18 Å².